The van der Waals surface area contributed by atoms with Crippen LogP contribution >= 0.6 is 0 Å². The van der Waals surface area contributed by atoms with Gasteiger partial charge in [0.1, 0.15) is 25.9 Å². The predicted molar refractivity (Wildman–Crippen MR) is 173 cm³/mol. The molecule has 0 aliphatic heterocycles. The molecule has 0 heterocycles. The van der Waals surface area contributed by atoms with Crippen LogP contribution in [0.25, 0.3) is 0 Å². The van der Waals surface area contributed by atoms with Crippen molar-refractivity contribution >= 4 is 29.7 Å². The van der Waals surface area contributed by atoms with Crippen LogP contribution in [0, 0.1) is 10.1 Å². The maximum Gasteiger partial charge on any atom is 0.408 e. The molecular formula is C35H38N2O11. The average Bonchev–Trinajstić information content (AvgIpc) is 3.08. The van der Waals surface area contributed by atoms with Gasteiger partial charge in [-0.25, -0.2) is 14.4 Å². The van der Waals surface area contributed by atoms with E-state index >= 15 is 0 Å². The smallest absolute Gasteiger partial charge is 0.408 e. The third-order valence-corrected chi connectivity index (χ3v) is 6.58. The molecule has 254 valence electrons. The Bertz CT molecular complexity index is 1560. The summed E-state index contributed by atoms with van der Waals surface area (Å²) in [6.07, 6.45) is -2.92. The fourth-order valence-corrected chi connectivity index (χ4v) is 4.24. The van der Waals surface area contributed by atoms with Crippen molar-refractivity contribution in [2.24, 2.45) is 0 Å². The molecule has 0 saturated heterocycles. The molecule has 0 radical (unpaired) electrons. The Kier molecular flexibility index (Phi) is 14.6. The Morgan fingerprint density at radius 2 is 1.46 bits per heavy atom. The molecule has 2 atom stereocenters. The molecule has 13 nitrogen and oxygen atoms in total. The van der Waals surface area contributed by atoms with Gasteiger partial charge in [0.25, 0.3) is 0 Å². The molecule has 3 aromatic rings. The van der Waals surface area contributed by atoms with Crippen molar-refractivity contribution in [1.29, 1.82) is 0 Å². The van der Waals surface area contributed by atoms with Crippen LogP contribution < -0.4 is 10.1 Å². The lowest BCUT2D eigenvalue weighted by atomic mass is 10.0. The van der Waals surface area contributed by atoms with Gasteiger partial charge < -0.3 is 29.0 Å². The number of carbonyl (C=O) groups excluding carboxylic acids is 4. The number of esters is 3. The Hall–Kier alpha value is -5.72. The number of hydrogen-bond donors (Lipinski definition) is 1. The van der Waals surface area contributed by atoms with Crippen molar-refractivity contribution in [2.45, 2.75) is 58.5 Å². The first-order chi connectivity index (χ1) is 23.0. The van der Waals surface area contributed by atoms with Gasteiger partial charge in [-0.2, -0.15) is 0 Å². The first-order valence-corrected chi connectivity index (χ1v) is 15.1. The molecule has 1 amide bonds. The zero-order valence-corrected chi connectivity index (χ0v) is 26.8. The van der Waals surface area contributed by atoms with Gasteiger partial charge in [0.05, 0.1) is 11.5 Å². The number of nitrogens with zero attached hydrogens (tertiary/aromatic N) is 1. The van der Waals surface area contributed by atoms with Crippen molar-refractivity contribution < 1.29 is 47.8 Å². The number of hydrogen-bond acceptors (Lipinski definition) is 11. The number of carbonyl (C=O) groups is 4. The van der Waals surface area contributed by atoms with E-state index in [1.165, 1.54) is 12.1 Å². The van der Waals surface area contributed by atoms with Gasteiger partial charge in [-0.15, -0.1) is 0 Å². The van der Waals surface area contributed by atoms with Crippen LogP contribution in [0.4, 0.5) is 10.5 Å². The van der Waals surface area contributed by atoms with Crippen LogP contribution in [0.3, 0.4) is 0 Å². The van der Waals surface area contributed by atoms with E-state index in [2.05, 4.69) is 11.9 Å². The highest BCUT2D eigenvalue weighted by Crippen LogP contribution is 2.30. The number of nitro benzene ring substituents is 1. The molecule has 0 aliphatic carbocycles. The van der Waals surface area contributed by atoms with Crippen molar-refractivity contribution in [2.75, 3.05) is 13.2 Å². The maximum atomic E-state index is 13.2. The summed E-state index contributed by atoms with van der Waals surface area (Å²) in [6.45, 7) is 6.80. The lowest BCUT2D eigenvalue weighted by Gasteiger charge is -2.19. The molecule has 0 fully saturated rings. The summed E-state index contributed by atoms with van der Waals surface area (Å²) in [5.41, 5.74) is 1.82. The van der Waals surface area contributed by atoms with Crippen molar-refractivity contribution in [3.63, 3.8) is 0 Å². The second kappa shape index (κ2) is 19.1. The molecule has 48 heavy (non-hydrogen) atoms. The quantitative estimate of drug-likeness (QED) is 0.0609. The molecule has 0 aromatic heterocycles. The average molecular weight is 663 g/mol. The summed E-state index contributed by atoms with van der Waals surface area (Å²) in [5, 5.41) is 14.5. The molecule has 0 bridgehead atoms. The minimum absolute atomic E-state index is 0.0316. The van der Waals surface area contributed by atoms with E-state index in [9.17, 15) is 29.3 Å². The lowest BCUT2D eigenvalue weighted by molar-refractivity contribution is -0.386. The Morgan fingerprint density at radius 3 is 2.04 bits per heavy atom. The van der Waals surface area contributed by atoms with Gasteiger partial charge in [0.2, 0.25) is 0 Å². The van der Waals surface area contributed by atoms with Gasteiger partial charge in [0.15, 0.2) is 11.9 Å². The lowest BCUT2D eigenvalue weighted by Crippen LogP contribution is -2.43. The number of benzene rings is 3. The summed E-state index contributed by atoms with van der Waals surface area (Å²) in [6, 6.07) is 20.5. The molecule has 0 aliphatic rings. The molecule has 0 saturated carbocycles. The third-order valence-electron chi connectivity index (χ3n) is 6.58. The van der Waals surface area contributed by atoms with E-state index in [1.807, 2.05) is 12.1 Å². The van der Waals surface area contributed by atoms with Crippen molar-refractivity contribution in [1.82, 2.24) is 5.32 Å². The summed E-state index contributed by atoms with van der Waals surface area (Å²) in [7, 11) is 0. The van der Waals surface area contributed by atoms with Gasteiger partial charge in [-0.3, -0.25) is 14.9 Å². The molecule has 13 heteroatoms. The highest BCUT2D eigenvalue weighted by Gasteiger charge is 2.29. The van der Waals surface area contributed by atoms with Gasteiger partial charge in [-0.05, 0) is 42.2 Å². The van der Waals surface area contributed by atoms with Crippen LogP contribution in [-0.4, -0.2) is 54.3 Å². The largest absolute Gasteiger partial charge is 0.472 e. The highest BCUT2D eigenvalue weighted by molar-refractivity contribution is 5.82. The van der Waals surface area contributed by atoms with E-state index in [1.54, 1.807) is 62.4 Å². The molecular weight excluding hydrogens is 624 g/mol. The van der Waals surface area contributed by atoms with Crippen LogP contribution in [0.1, 0.15) is 43.4 Å². The van der Waals surface area contributed by atoms with E-state index in [0.29, 0.717) is 11.1 Å². The normalized spacial score (nSPS) is 11.7. The fraction of sp³-hybridized carbons (Fsp3) is 0.314. The van der Waals surface area contributed by atoms with Crippen molar-refractivity contribution in [3.05, 3.63) is 118 Å². The number of ether oxygens (including phenoxy) is 5. The zero-order valence-electron chi connectivity index (χ0n) is 26.8. The molecule has 0 spiro atoms. The summed E-state index contributed by atoms with van der Waals surface area (Å²) in [4.78, 5) is 61.9. The molecule has 0 unspecified atom stereocenters. The highest BCUT2D eigenvalue weighted by atomic mass is 16.6. The van der Waals surface area contributed by atoms with E-state index in [0.717, 1.165) is 11.6 Å². The van der Waals surface area contributed by atoms with Crippen LogP contribution in [0.15, 0.2) is 91.0 Å². The Morgan fingerprint density at radius 1 is 0.833 bits per heavy atom. The predicted octanol–water partition coefficient (Wildman–Crippen LogP) is 5.39. The fourth-order valence-electron chi connectivity index (χ4n) is 4.24. The Balaban J connectivity index is 1.78. The summed E-state index contributed by atoms with van der Waals surface area (Å²) >= 11 is 0. The minimum Gasteiger partial charge on any atom is -0.472 e. The van der Waals surface area contributed by atoms with E-state index in [4.69, 9.17) is 23.7 Å². The number of nitro groups is 1. The molecule has 3 aromatic carbocycles. The van der Waals surface area contributed by atoms with E-state index in [-0.39, 0.29) is 57.0 Å². The molecule has 1 N–H and O–H groups in total. The molecule has 3 rings (SSSR count). The van der Waals surface area contributed by atoms with Crippen LogP contribution in [0.5, 0.6) is 5.75 Å². The third kappa shape index (κ3) is 12.6. The Labute approximate surface area is 277 Å². The van der Waals surface area contributed by atoms with Crippen LogP contribution in [-0.2, 0) is 53.0 Å². The topological polar surface area (TPSA) is 170 Å². The number of alkyl carbamates (subject to hydrolysis) is 1. The number of nitrogens with one attached hydrogen (secondary N) is 1. The van der Waals surface area contributed by atoms with E-state index < -0.39 is 46.8 Å². The van der Waals surface area contributed by atoms with Crippen LogP contribution in [0.2, 0.25) is 0 Å². The van der Waals surface area contributed by atoms with Gasteiger partial charge >= 0.3 is 29.7 Å². The summed E-state index contributed by atoms with van der Waals surface area (Å²) in [5.74, 6) is -2.49. The first kappa shape index (κ1) is 36.7. The summed E-state index contributed by atoms with van der Waals surface area (Å²) < 4.78 is 26.6. The first-order valence-electron chi connectivity index (χ1n) is 15.1. The second-order valence-corrected chi connectivity index (χ2v) is 10.6. The standard InChI is InChI=1S/C35H38N2O11/c1-4-44-33(39)28(36-35(41)47-21-24(2)3)19-27-15-16-30(29(20-27)37(42)43)48-31(34(40)46-23-26-13-9-6-10-14-26)17-18-32(38)45-22-25-11-7-5-8-12-25/h5-16,20,28,31H,2,4,17-19,21-23H2,1,3H3,(H,36,41)/t28-,31+/m0/s1. The SMILES string of the molecule is C=C(C)COC(=O)N[C@@H](Cc1ccc(O[C@H](CCC(=O)OCc2ccccc2)C(=O)OCc2ccccc2)c([N+](=O)[O-])c1)C(=O)OCC. The van der Waals surface area contributed by atoms with Crippen molar-refractivity contribution in [3.8, 4) is 5.75 Å². The van der Waals surface area contributed by atoms with Gasteiger partial charge in [0, 0.05) is 25.3 Å². The number of rotatable bonds is 18. The monoisotopic (exact) mass is 662 g/mol. The second-order valence-electron chi connectivity index (χ2n) is 10.6. The van der Waals surface area contributed by atoms with Gasteiger partial charge in [-0.1, -0.05) is 73.3 Å². The minimum atomic E-state index is -1.40. The maximum absolute atomic E-state index is 13.2. The zero-order chi connectivity index (χ0) is 34.9. The number of amides is 1.